The van der Waals surface area contributed by atoms with Gasteiger partial charge in [-0.05, 0) is 31.5 Å². The Balaban J connectivity index is 1.68. The van der Waals surface area contributed by atoms with Crippen LogP contribution in [-0.2, 0) is 11.6 Å². The van der Waals surface area contributed by atoms with E-state index in [-0.39, 0.29) is 22.2 Å². The number of piperidine rings is 1. The van der Waals surface area contributed by atoms with Crippen LogP contribution in [0.4, 0.5) is 19.1 Å². The van der Waals surface area contributed by atoms with Crippen molar-refractivity contribution in [2.24, 2.45) is 0 Å². The van der Waals surface area contributed by atoms with Crippen LogP contribution in [0.3, 0.4) is 0 Å². The lowest BCUT2D eigenvalue weighted by atomic mass is 9.73. The maximum Gasteiger partial charge on any atom is 0.434 e. The van der Waals surface area contributed by atoms with Gasteiger partial charge >= 0.3 is 6.18 Å². The fourth-order valence-electron chi connectivity index (χ4n) is 3.73. The van der Waals surface area contributed by atoms with Gasteiger partial charge in [0.1, 0.15) is 10.8 Å². The fourth-order valence-corrected chi connectivity index (χ4v) is 3.91. The highest BCUT2D eigenvalue weighted by atomic mass is 35.5. The van der Waals surface area contributed by atoms with Gasteiger partial charge in [0.25, 0.3) is 0 Å². The summed E-state index contributed by atoms with van der Waals surface area (Å²) in [5, 5.41) is 6.69. The molecule has 0 atom stereocenters. The molecule has 5 nitrogen and oxygen atoms in total. The Kier molecular flexibility index (Phi) is 4.93. The first kappa shape index (κ1) is 19.0. The lowest BCUT2D eigenvalue weighted by molar-refractivity contribution is -0.140. The Morgan fingerprint density at radius 3 is 2.54 bits per heavy atom. The number of hydrogen-bond acceptors (Lipinski definition) is 4. The number of alkyl halides is 3. The van der Waals surface area contributed by atoms with E-state index in [0.717, 1.165) is 32.1 Å². The summed E-state index contributed by atoms with van der Waals surface area (Å²) in [4.78, 5) is 7.84. The lowest BCUT2D eigenvalue weighted by Gasteiger charge is -2.38. The molecule has 0 saturated carbocycles. The number of halogens is 4. The number of fused-ring (bicyclic) bond motifs is 1. The van der Waals surface area contributed by atoms with E-state index in [2.05, 4.69) is 32.7 Å². The van der Waals surface area contributed by atoms with Gasteiger partial charge in [-0.3, -0.25) is 4.40 Å². The number of nitrogens with one attached hydrogen (secondary N) is 2. The van der Waals surface area contributed by atoms with Gasteiger partial charge in [-0.15, -0.1) is 0 Å². The van der Waals surface area contributed by atoms with Gasteiger partial charge in [-0.1, -0.05) is 41.9 Å². The van der Waals surface area contributed by atoms with Crippen molar-refractivity contribution in [2.45, 2.75) is 24.4 Å². The van der Waals surface area contributed by atoms with Crippen molar-refractivity contribution in [1.82, 2.24) is 19.7 Å². The molecular weight excluding hydrogens is 391 g/mol. The molecular formula is C19H19ClF3N5. The summed E-state index contributed by atoms with van der Waals surface area (Å²) < 4.78 is 40.5. The van der Waals surface area contributed by atoms with Crippen LogP contribution in [0.5, 0.6) is 0 Å². The van der Waals surface area contributed by atoms with Crippen molar-refractivity contribution in [1.29, 1.82) is 0 Å². The van der Waals surface area contributed by atoms with Crippen molar-refractivity contribution in [3.63, 3.8) is 0 Å². The summed E-state index contributed by atoms with van der Waals surface area (Å²) in [6.07, 6.45) is -1.77. The highest BCUT2D eigenvalue weighted by molar-refractivity contribution is 6.29. The van der Waals surface area contributed by atoms with Crippen LogP contribution < -0.4 is 10.6 Å². The second kappa shape index (κ2) is 7.25. The van der Waals surface area contributed by atoms with Crippen LogP contribution in [-0.4, -0.2) is 34.0 Å². The molecule has 3 heterocycles. The molecule has 3 aromatic rings. The minimum absolute atomic E-state index is 0.0911. The third-order valence-corrected chi connectivity index (χ3v) is 5.44. The number of nitrogens with zero attached hydrogens (tertiary/aromatic N) is 3. The zero-order chi connectivity index (χ0) is 19.8. The van der Waals surface area contributed by atoms with Crippen molar-refractivity contribution < 1.29 is 13.2 Å². The minimum atomic E-state index is -4.53. The molecule has 1 fully saturated rings. The normalized spacial score (nSPS) is 17.0. The molecule has 0 amide bonds. The van der Waals surface area contributed by atoms with Crippen LogP contribution in [0.2, 0.25) is 5.15 Å². The Bertz CT molecular complexity index is 965. The van der Waals surface area contributed by atoms with Crippen molar-refractivity contribution >= 4 is 23.2 Å². The number of anilines is 1. The number of imidazole rings is 1. The molecule has 0 bridgehead atoms. The average Bonchev–Trinajstić information content (AvgIpc) is 3.12. The summed E-state index contributed by atoms with van der Waals surface area (Å²) in [7, 11) is 0. The molecule has 2 N–H and O–H groups in total. The highest BCUT2D eigenvalue weighted by Gasteiger charge is 2.36. The number of hydrogen-bond donors (Lipinski definition) is 2. The number of aromatic nitrogens is 3. The van der Waals surface area contributed by atoms with Gasteiger partial charge in [0.05, 0.1) is 0 Å². The van der Waals surface area contributed by atoms with E-state index in [1.165, 1.54) is 16.0 Å². The fraction of sp³-hybridized carbons (Fsp3) is 0.368. The number of benzene rings is 1. The largest absolute Gasteiger partial charge is 0.434 e. The molecule has 1 aliphatic heterocycles. The Labute approximate surface area is 164 Å². The van der Waals surface area contributed by atoms with Gasteiger partial charge in [0, 0.05) is 24.2 Å². The van der Waals surface area contributed by atoms with Crippen molar-refractivity contribution in [2.75, 3.05) is 25.0 Å². The second-order valence-electron chi connectivity index (χ2n) is 7.00. The molecule has 1 aromatic carbocycles. The molecule has 9 heteroatoms. The van der Waals surface area contributed by atoms with Crippen molar-refractivity contribution in [3.05, 3.63) is 59.0 Å². The number of rotatable bonds is 4. The molecule has 4 rings (SSSR count). The van der Waals surface area contributed by atoms with Gasteiger partial charge in [0.15, 0.2) is 5.69 Å². The molecule has 0 spiro atoms. The molecule has 28 heavy (non-hydrogen) atoms. The van der Waals surface area contributed by atoms with Crippen LogP contribution in [0, 0.1) is 0 Å². The maximum absolute atomic E-state index is 13.1. The summed E-state index contributed by atoms with van der Waals surface area (Å²) in [5.74, 6) is 0.249. The molecule has 1 saturated heterocycles. The SMILES string of the molecule is FC(F)(F)c1cn2c(NCC3(c4ccccc4)CCNCC3)nc(Cl)cc2n1. The van der Waals surface area contributed by atoms with E-state index in [4.69, 9.17) is 11.6 Å². The molecule has 148 valence electrons. The van der Waals surface area contributed by atoms with E-state index in [1.807, 2.05) is 18.2 Å². The maximum atomic E-state index is 13.1. The first-order valence-electron chi connectivity index (χ1n) is 9.00. The summed E-state index contributed by atoms with van der Waals surface area (Å²) in [6, 6.07) is 11.5. The van der Waals surface area contributed by atoms with Crippen LogP contribution in [0.15, 0.2) is 42.6 Å². The van der Waals surface area contributed by atoms with Crippen molar-refractivity contribution in [3.8, 4) is 0 Å². The first-order chi connectivity index (χ1) is 13.4. The van der Waals surface area contributed by atoms with E-state index >= 15 is 0 Å². The quantitative estimate of drug-likeness (QED) is 0.636. The lowest BCUT2D eigenvalue weighted by Crippen LogP contribution is -2.44. The standard InChI is InChI=1S/C19H19ClF3N5/c20-15-10-16-26-14(19(21,22)23)11-28(16)17(27-15)25-12-18(6-8-24-9-7-18)13-4-2-1-3-5-13/h1-5,10-11,24H,6-9,12H2,(H,25,27). The molecule has 0 aliphatic carbocycles. The average molecular weight is 410 g/mol. The zero-order valence-corrected chi connectivity index (χ0v) is 15.7. The Hall–Kier alpha value is -2.32. The third kappa shape index (κ3) is 3.66. The predicted molar refractivity (Wildman–Crippen MR) is 102 cm³/mol. The third-order valence-electron chi connectivity index (χ3n) is 5.24. The van der Waals surface area contributed by atoms with Gasteiger partial charge in [0.2, 0.25) is 5.95 Å². The van der Waals surface area contributed by atoms with E-state index in [1.54, 1.807) is 0 Å². The Morgan fingerprint density at radius 1 is 1.14 bits per heavy atom. The van der Waals surface area contributed by atoms with Gasteiger partial charge < -0.3 is 10.6 Å². The minimum Gasteiger partial charge on any atom is -0.354 e. The van der Waals surface area contributed by atoms with Crippen LogP contribution in [0.1, 0.15) is 24.1 Å². The van der Waals surface area contributed by atoms with Gasteiger partial charge in [-0.25, -0.2) is 9.97 Å². The van der Waals surface area contributed by atoms with E-state index < -0.39 is 11.9 Å². The van der Waals surface area contributed by atoms with Crippen LogP contribution in [0.25, 0.3) is 5.65 Å². The summed E-state index contributed by atoms with van der Waals surface area (Å²) >= 11 is 6.02. The monoisotopic (exact) mass is 409 g/mol. The summed E-state index contributed by atoms with van der Waals surface area (Å²) in [6.45, 7) is 2.27. The smallest absolute Gasteiger partial charge is 0.354 e. The summed E-state index contributed by atoms with van der Waals surface area (Å²) in [5.41, 5.74) is 0.188. The van der Waals surface area contributed by atoms with Gasteiger partial charge in [-0.2, -0.15) is 13.2 Å². The molecule has 1 aliphatic rings. The molecule has 0 radical (unpaired) electrons. The molecule has 2 aromatic heterocycles. The van der Waals surface area contributed by atoms with Crippen LogP contribution >= 0.6 is 11.6 Å². The second-order valence-corrected chi connectivity index (χ2v) is 7.39. The highest BCUT2D eigenvalue weighted by Crippen LogP contribution is 2.34. The van der Waals surface area contributed by atoms with E-state index in [9.17, 15) is 13.2 Å². The topological polar surface area (TPSA) is 54.2 Å². The first-order valence-corrected chi connectivity index (χ1v) is 9.38. The van der Waals surface area contributed by atoms with E-state index in [0.29, 0.717) is 6.54 Å². The molecule has 0 unspecified atom stereocenters. The predicted octanol–water partition coefficient (Wildman–Crippen LogP) is 4.13. The Morgan fingerprint density at radius 2 is 1.86 bits per heavy atom. The zero-order valence-electron chi connectivity index (χ0n) is 14.9.